The lowest BCUT2D eigenvalue weighted by Gasteiger charge is -1.85. The third-order valence-corrected chi connectivity index (χ3v) is 1.15. The van der Waals surface area contributed by atoms with Gasteiger partial charge in [-0.15, -0.1) is 0 Å². The molecule has 0 bridgehead atoms. The second-order valence-corrected chi connectivity index (χ2v) is 2.53. The summed E-state index contributed by atoms with van der Waals surface area (Å²) in [6.45, 7) is 3.93. The van der Waals surface area contributed by atoms with Crippen LogP contribution in [0, 0.1) is 0 Å². The molecule has 0 radical (unpaired) electrons. The first-order valence-corrected chi connectivity index (χ1v) is 3.58. The summed E-state index contributed by atoms with van der Waals surface area (Å²) in [6, 6.07) is 0. The van der Waals surface area contributed by atoms with Gasteiger partial charge in [0.25, 0.3) is 0 Å². The van der Waals surface area contributed by atoms with Crippen LogP contribution in [0.3, 0.4) is 0 Å². The van der Waals surface area contributed by atoms with E-state index in [-0.39, 0.29) is 0 Å². The molecule has 0 saturated carbocycles. The van der Waals surface area contributed by atoms with Gasteiger partial charge >= 0.3 is 0 Å². The minimum absolute atomic E-state index is 0.888. The van der Waals surface area contributed by atoms with E-state index in [0.29, 0.717) is 0 Å². The lowest BCUT2D eigenvalue weighted by Crippen LogP contribution is -1.64. The Bertz CT molecular complexity index is 108. The number of unbranched alkanes of at least 4 members (excludes halogenated alkanes) is 1. The van der Waals surface area contributed by atoms with Crippen LogP contribution in [0.5, 0.6) is 0 Å². The summed E-state index contributed by atoms with van der Waals surface area (Å²) in [7, 11) is 0. The van der Waals surface area contributed by atoms with E-state index in [1.54, 1.807) is 0 Å². The molecule has 0 spiro atoms. The molecule has 52 valence electrons. The molecule has 0 fully saturated rings. The first-order valence-electron chi connectivity index (χ1n) is 3.20. The van der Waals surface area contributed by atoms with Crippen LogP contribution in [-0.2, 0) is 0 Å². The molecule has 0 aliphatic rings. The van der Waals surface area contributed by atoms with Crippen molar-refractivity contribution >= 4 is 11.6 Å². The topological polar surface area (TPSA) is 0 Å². The summed E-state index contributed by atoms with van der Waals surface area (Å²) >= 11 is 5.59. The first kappa shape index (κ1) is 8.77. The van der Waals surface area contributed by atoms with E-state index in [1.807, 2.05) is 19.9 Å². The third-order valence-electron chi connectivity index (χ3n) is 0.995. The molecular weight excluding hydrogens is 132 g/mol. The van der Waals surface area contributed by atoms with E-state index in [0.717, 1.165) is 17.9 Å². The summed E-state index contributed by atoms with van der Waals surface area (Å²) in [5, 5.41) is 0.888. The van der Waals surface area contributed by atoms with Gasteiger partial charge < -0.3 is 0 Å². The Morgan fingerprint density at radius 2 is 2.11 bits per heavy atom. The van der Waals surface area contributed by atoms with Crippen molar-refractivity contribution in [2.24, 2.45) is 0 Å². The van der Waals surface area contributed by atoms with Gasteiger partial charge in [-0.2, -0.15) is 0 Å². The van der Waals surface area contributed by atoms with Gasteiger partial charge in [-0.1, -0.05) is 29.8 Å². The summed E-state index contributed by atoms with van der Waals surface area (Å²) in [5.41, 5.74) is 0. The summed E-state index contributed by atoms with van der Waals surface area (Å²) in [5.74, 6) is 0. The van der Waals surface area contributed by atoms with Gasteiger partial charge in [0, 0.05) is 5.03 Å². The highest BCUT2D eigenvalue weighted by Crippen LogP contribution is 2.02. The van der Waals surface area contributed by atoms with Crippen molar-refractivity contribution in [3.8, 4) is 0 Å². The van der Waals surface area contributed by atoms with Crippen LogP contribution in [0.4, 0.5) is 0 Å². The van der Waals surface area contributed by atoms with Crippen LogP contribution < -0.4 is 0 Å². The summed E-state index contributed by atoms with van der Waals surface area (Å²) in [6.07, 6.45) is 8.37. The van der Waals surface area contributed by atoms with E-state index >= 15 is 0 Å². The monoisotopic (exact) mass is 144 g/mol. The SMILES string of the molecule is C/C=C\CC/C=C(\C)Cl. The van der Waals surface area contributed by atoms with Crippen molar-refractivity contribution < 1.29 is 0 Å². The molecule has 0 aromatic carbocycles. The Hall–Kier alpha value is -0.230. The normalized spacial score (nSPS) is 13.0. The molecular formula is C8H13Cl. The second-order valence-electron chi connectivity index (χ2n) is 1.94. The fourth-order valence-corrected chi connectivity index (χ4v) is 0.654. The molecule has 0 rings (SSSR count). The summed E-state index contributed by atoms with van der Waals surface area (Å²) in [4.78, 5) is 0. The summed E-state index contributed by atoms with van der Waals surface area (Å²) < 4.78 is 0. The second kappa shape index (κ2) is 5.90. The van der Waals surface area contributed by atoms with Gasteiger partial charge in [-0.25, -0.2) is 0 Å². The molecule has 0 nitrogen and oxygen atoms in total. The van der Waals surface area contributed by atoms with Crippen LogP contribution in [-0.4, -0.2) is 0 Å². The molecule has 0 heterocycles. The third kappa shape index (κ3) is 7.77. The molecule has 1 heteroatoms. The zero-order valence-corrected chi connectivity index (χ0v) is 6.78. The van der Waals surface area contributed by atoms with Gasteiger partial charge in [0.2, 0.25) is 0 Å². The van der Waals surface area contributed by atoms with Gasteiger partial charge in [-0.05, 0) is 26.7 Å². The number of allylic oxidation sites excluding steroid dienone is 4. The van der Waals surface area contributed by atoms with E-state index in [1.165, 1.54) is 0 Å². The van der Waals surface area contributed by atoms with Crippen molar-refractivity contribution in [2.45, 2.75) is 26.7 Å². The van der Waals surface area contributed by atoms with Crippen molar-refractivity contribution in [3.05, 3.63) is 23.3 Å². The highest BCUT2D eigenvalue weighted by atomic mass is 35.5. The fourth-order valence-electron chi connectivity index (χ4n) is 0.545. The van der Waals surface area contributed by atoms with Crippen molar-refractivity contribution in [1.82, 2.24) is 0 Å². The van der Waals surface area contributed by atoms with Crippen molar-refractivity contribution in [3.63, 3.8) is 0 Å². The zero-order chi connectivity index (χ0) is 7.11. The molecule has 0 amide bonds. The quantitative estimate of drug-likeness (QED) is 0.420. The molecule has 9 heavy (non-hydrogen) atoms. The van der Waals surface area contributed by atoms with Crippen LogP contribution in [0.25, 0.3) is 0 Å². The van der Waals surface area contributed by atoms with Gasteiger partial charge in [0.15, 0.2) is 0 Å². The smallest absolute Gasteiger partial charge is 0.0110 e. The Morgan fingerprint density at radius 1 is 1.44 bits per heavy atom. The predicted octanol–water partition coefficient (Wildman–Crippen LogP) is 3.49. The standard InChI is InChI=1S/C8H13Cl/c1-3-4-5-6-7-8(2)9/h3-4,7H,5-6H2,1-2H3/b4-3-,8-7+. The Morgan fingerprint density at radius 3 is 2.56 bits per heavy atom. The lowest BCUT2D eigenvalue weighted by atomic mass is 10.3. The molecule has 0 N–H and O–H groups in total. The molecule has 0 aromatic heterocycles. The molecule has 0 unspecified atom stereocenters. The number of rotatable bonds is 3. The highest BCUT2D eigenvalue weighted by molar-refractivity contribution is 6.29. The van der Waals surface area contributed by atoms with E-state index in [4.69, 9.17) is 11.6 Å². The Labute approximate surface area is 62.2 Å². The zero-order valence-electron chi connectivity index (χ0n) is 6.02. The van der Waals surface area contributed by atoms with Crippen LogP contribution in [0.2, 0.25) is 0 Å². The van der Waals surface area contributed by atoms with Gasteiger partial charge in [0.05, 0.1) is 0 Å². The molecule has 0 aliphatic heterocycles. The molecule has 0 atom stereocenters. The minimum atomic E-state index is 0.888. The maximum atomic E-state index is 5.59. The maximum Gasteiger partial charge on any atom is 0.0110 e. The Kier molecular flexibility index (Phi) is 5.75. The van der Waals surface area contributed by atoms with Crippen molar-refractivity contribution in [1.29, 1.82) is 0 Å². The lowest BCUT2D eigenvalue weighted by molar-refractivity contribution is 1.04. The Balaban J connectivity index is 3.20. The van der Waals surface area contributed by atoms with Crippen molar-refractivity contribution in [2.75, 3.05) is 0 Å². The fraction of sp³-hybridized carbons (Fsp3) is 0.500. The van der Waals surface area contributed by atoms with Crippen LogP contribution in [0.1, 0.15) is 26.7 Å². The highest BCUT2D eigenvalue weighted by Gasteiger charge is 1.78. The molecule has 0 aliphatic carbocycles. The van der Waals surface area contributed by atoms with Crippen LogP contribution >= 0.6 is 11.6 Å². The molecule has 0 saturated heterocycles. The predicted molar refractivity (Wildman–Crippen MR) is 43.7 cm³/mol. The first-order chi connectivity index (χ1) is 4.27. The largest absolute Gasteiger partial charge is 0.0917 e. The average molecular weight is 145 g/mol. The van der Waals surface area contributed by atoms with E-state index in [2.05, 4.69) is 12.2 Å². The van der Waals surface area contributed by atoms with Gasteiger partial charge in [0.1, 0.15) is 0 Å². The van der Waals surface area contributed by atoms with E-state index in [9.17, 15) is 0 Å². The number of halogens is 1. The van der Waals surface area contributed by atoms with Crippen LogP contribution in [0.15, 0.2) is 23.3 Å². The van der Waals surface area contributed by atoms with E-state index < -0.39 is 0 Å². The maximum absolute atomic E-state index is 5.59. The van der Waals surface area contributed by atoms with Gasteiger partial charge in [-0.3, -0.25) is 0 Å². The molecule has 0 aromatic rings. The minimum Gasteiger partial charge on any atom is -0.0917 e. The number of hydrogen-bond acceptors (Lipinski definition) is 0. The number of hydrogen-bond donors (Lipinski definition) is 0. The average Bonchev–Trinajstić information content (AvgIpc) is 1.80.